The van der Waals surface area contributed by atoms with Gasteiger partial charge in [-0.2, -0.15) is 0 Å². The predicted octanol–water partition coefficient (Wildman–Crippen LogP) is 2.61. The Morgan fingerprint density at radius 3 is 2.95 bits per heavy atom. The number of fused-ring (bicyclic) bond motifs is 1. The first-order valence-electron chi connectivity index (χ1n) is 7.28. The first-order valence-corrected chi connectivity index (χ1v) is 7.28. The van der Waals surface area contributed by atoms with Gasteiger partial charge in [-0.25, -0.2) is 9.97 Å². The topological polar surface area (TPSA) is 99.9 Å². The molecular weight excluding hydrogens is 278 g/mol. The molecule has 6 nitrogen and oxygen atoms in total. The van der Waals surface area contributed by atoms with Crippen LogP contribution in [-0.4, -0.2) is 26.6 Å². The molecule has 3 rings (SSSR count). The molecule has 0 aliphatic carbocycles. The molecule has 2 heterocycles. The van der Waals surface area contributed by atoms with Gasteiger partial charge in [0.15, 0.2) is 0 Å². The quantitative estimate of drug-likeness (QED) is 0.580. The van der Waals surface area contributed by atoms with E-state index in [-0.39, 0.29) is 5.88 Å². The maximum absolute atomic E-state index is 10.00. The Morgan fingerprint density at radius 2 is 2.18 bits per heavy atom. The fourth-order valence-electron chi connectivity index (χ4n) is 2.39. The zero-order valence-electron chi connectivity index (χ0n) is 12.4. The SMILES string of the molecule is Cc1cccc(Nc2nc(CCCN)nc3c[nH]c(O)c23)c1. The number of H-pyrrole nitrogens is 1. The Kier molecular flexibility index (Phi) is 3.93. The highest BCUT2D eigenvalue weighted by molar-refractivity contribution is 5.95. The zero-order chi connectivity index (χ0) is 15.5. The molecule has 22 heavy (non-hydrogen) atoms. The monoisotopic (exact) mass is 297 g/mol. The molecule has 0 radical (unpaired) electrons. The lowest BCUT2D eigenvalue weighted by molar-refractivity contribution is 0.462. The normalized spacial score (nSPS) is 11.0. The second-order valence-electron chi connectivity index (χ2n) is 5.27. The van der Waals surface area contributed by atoms with E-state index in [0.29, 0.717) is 35.5 Å². The van der Waals surface area contributed by atoms with Crippen LogP contribution in [0.4, 0.5) is 11.5 Å². The van der Waals surface area contributed by atoms with Gasteiger partial charge in [0, 0.05) is 18.3 Å². The van der Waals surface area contributed by atoms with Gasteiger partial charge in [0.25, 0.3) is 0 Å². The fraction of sp³-hybridized carbons (Fsp3) is 0.250. The van der Waals surface area contributed by atoms with E-state index >= 15 is 0 Å². The maximum atomic E-state index is 10.00. The third-order valence-electron chi connectivity index (χ3n) is 3.45. The maximum Gasteiger partial charge on any atom is 0.201 e. The predicted molar refractivity (Wildman–Crippen MR) is 87.4 cm³/mol. The van der Waals surface area contributed by atoms with Crippen LogP contribution in [0.1, 0.15) is 17.8 Å². The second-order valence-corrected chi connectivity index (χ2v) is 5.27. The van der Waals surface area contributed by atoms with E-state index in [1.54, 1.807) is 6.20 Å². The van der Waals surface area contributed by atoms with Crippen LogP contribution in [0.15, 0.2) is 30.5 Å². The molecule has 6 heteroatoms. The number of hydrogen-bond acceptors (Lipinski definition) is 5. The van der Waals surface area contributed by atoms with Crippen molar-refractivity contribution in [1.29, 1.82) is 0 Å². The molecule has 0 bridgehead atoms. The van der Waals surface area contributed by atoms with Gasteiger partial charge in [0.2, 0.25) is 5.88 Å². The summed E-state index contributed by atoms with van der Waals surface area (Å²) in [6.45, 7) is 2.63. The average Bonchev–Trinajstić information content (AvgIpc) is 2.87. The van der Waals surface area contributed by atoms with Gasteiger partial charge >= 0.3 is 0 Å². The van der Waals surface area contributed by atoms with Crippen molar-refractivity contribution in [3.05, 3.63) is 41.9 Å². The first kappa shape index (κ1) is 14.3. The van der Waals surface area contributed by atoms with Gasteiger partial charge in [0.1, 0.15) is 17.0 Å². The highest BCUT2D eigenvalue weighted by Crippen LogP contribution is 2.31. The van der Waals surface area contributed by atoms with Crippen LogP contribution in [-0.2, 0) is 6.42 Å². The van der Waals surface area contributed by atoms with E-state index in [9.17, 15) is 5.11 Å². The first-order chi connectivity index (χ1) is 10.7. The number of nitrogens with one attached hydrogen (secondary N) is 2. The smallest absolute Gasteiger partial charge is 0.201 e. The number of rotatable bonds is 5. The molecule has 0 saturated carbocycles. The van der Waals surface area contributed by atoms with Crippen LogP contribution < -0.4 is 11.1 Å². The van der Waals surface area contributed by atoms with Gasteiger partial charge in [0.05, 0.1) is 5.52 Å². The van der Waals surface area contributed by atoms with Crippen molar-refractivity contribution in [2.45, 2.75) is 19.8 Å². The highest BCUT2D eigenvalue weighted by atomic mass is 16.3. The third-order valence-corrected chi connectivity index (χ3v) is 3.45. The van der Waals surface area contributed by atoms with Crippen LogP contribution in [0.5, 0.6) is 5.88 Å². The summed E-state index contributed by atoms with van der Waals surface area (Å²) in [6.07, 6.45) is 3.21. The largest absolute Gasteiger partial charge is 0.494 e. The van der Waals surface area contributed by atoms with E-state index in [1.165, 1.54) is 0 Å². The Bertz CT molecular complexity index is 796. The van der Waals surface area contributed by atoms with E-state index in [1.807, 2.05) is 31.2 Å². The number of aromatic hydroxyl groups is 1. The Labute approximate surface area is 128 Å². The summed E-state index contributed by atoms with van der Waals surface area (Å²) in [5, 5.41) is 13.9. The molecule has 0 spiro atoms. The standard InChI is InChI=1S/C16H19N5O/c1-10-4-2-5-11(8-10)19-15-14-12(9-18-16(14)22)20-13(21-15)6-3-7-17/h2,4-5,8-9,18,22H,3,6-7,17H2,1H3,(H,19,20,21). The van der Waals surface area contributed by atoms with Crippen LogP contribution in [0.2, 0.25) is 0 Å². The number of benzene rings is 1. The number of nitrogens with two attached hydrogens (primary N) is 1. The molecule has 1 aromatic carbocycles. The Morgan fingerprint density at radius 1 is 1.32 bits per heavy atom. The molecular formula is C16H19N5O. The second kappa shape index (κ2) is 6.03. The zero-order valence-corrected chi connectivity index (χ0v) is 12.4. The molecule has 3 aromatic rings. The molecule has 0 aliphatic heterocycles. The van der Waals surface area contributed by atoms with E-state index in [4.69, 9.17) is 5.73 Å². The van der Waals surface area contributed by atoms with Gasteiger partial charge in [-0.15, -0.1) is 0 Å². The lowest BCUT2D eigenvalue weighted by atomic mass is 10.2. The van der Waals surface area contributed by atoms with Crippen molar-refractivity contribution >= 4 is 22.4 Å². The molecule has 0 unspecified atom stereocenters. The summed E-state index contributed by atoms with van der Waals surface area (Å²) in [6, 6.07) is 7.99. The fourth-order valence-corrected chi connectivity index (χ4v) is 2.39. The average molecular weight is 297 g/mol. The van der Waals surface area contributed by atoms with Crippen molar-refractivity contribution in [3.63, 3.8) is 0 Å². The lowest BCUT2D eigenvalue weighted by Gasteiger charge is -2.09. The highest BCUT2D eigenvalue weighted by Gasteiger charge is 2.13. The number of anilines is 2. The minimum absolute atomic E-state index is 0.0653. The van der Waals surface area contributed by atoms with Gasteiger partial charge < -0.3 is 21.1 Å². The molecule has 0 atom stereocenters. The van der Waals surface area contributed by atoms with Crippen molar-refractivity contribution in [1.82, 2.24) is 15.0 Å². The summed E-state index contributed by atoms with van der Waals surface area (Å²) in [5.74, 6) is 1.38. The molecule has 114 valence electrons. The number of aromatic amines is 1. The molecule has 0 fully saturated rings. The number of hydrogen-bond donors (Lipinski definition) is 4. The lowest BCUT2D eigenvalue weighted by Crippen LogP contribution is -2.05. The number of nitrogens with zero attached hydrogens (tertiary/aromatic N) is 2. The summed E-state index contributed by atoms with van der Waals surface area (Å²) < 4.78 is 0. The van der Waals surface area contributed by atoms with Crippen molar-refractivity contribution in [2.75, 3.05) is 11.9 Å². The van der Waals surface area contributed by atoms with Gasteiger partial charge in [-0.3, -0.25) is 0 Å². The van der Waals surface area contributed by atoms with Crippen molar-refractivity contribution in [2.24, 2.45) is 5.73 Å². The minimum Gasteiger partial charge on any atom is -0.494 e. The number of aryl methyl sites for hydroxylation is 2. The van der Waals surface area contributed by atoms with E-state index < -0.39 is 0 Å². The van der Waals surface area contributed by atoms with Crippen LogP contribution >= 0.6 is 0 Å². The van der Waals surface area contributed by atoms with Gasteiger partial charge in [-0.05, 0) is 37.6 Å². The van der Waals surface area contributed by atoms with Crippen molar-refractivity contribution < 1.29 is 5.11 Å². The summed E-state index contributed by atoms with van der Waals surface area (Å²) >= 11 is 0. The van der Waals surface area contributed by atoms with E-state index in [2.05, 4.69) is 20.3 Å². The van der Waals surface area contributed by atoms with Gasteiger partial charge in [-0.1, -0.05) is 12.1 Å². The summed E-state index contributed by atoms with van der Waals surface area (Å²) in [5.41, 5.74) is 8.32. The molecule has 0 amide bonds. The van der Waals surface area contributed by atoms with Crippen LogP contribution in [0, 0.1) is 6.92 Å². The molecule has 0 aliphatic rings. The van der Waals surface area contributed by atoms with Crippen molar-refractivity contribution in [3.8, 4) is 5.88 Å². The van der Waals surface area contributed by atoms with Crippen LogP contribution in [0.25, 0.3) is 10.9 Å². The Balaban J connectivity index is 2.03. The Hall–Kier alpha value is -2.60. The van der Waals surface area contributed by atoms with E-state index in [0.717, 1.165) is 17.7 Å². The summed E-state index contributed by atoms with van der Waals surface area (Å²) in [7, 11) is 0. The molecule has 0 saturated heterocycles. The molecule has 2 aromatic heterocycles. The van der Waals surface area contributed by atoms with Crippen LogP contribution in [0.3, 0.4) is 0 Å². The number of aromatic nitrogens is 3. The minimum atomic E-state index is 0.0653. The molecule has 5 N–H and O–H groups in total. The third kappa shape index (κ3) is 2.87. The summed E-state index contributed by atoms with van der Waals surface area (Å²) in [4.78, 5) is 11.8.